The smallest absolute Gasteiger partial charge is 0.308 e. The molecule has 3 aromatic heterocycles. The number of rotatable bonds is 8. The van der Waals surface area contributed by atoms with Gasteiger partial charge in [0.2, 0.25) is 0 Å². The summed E-state index contributed by atoms with van der Waals surface area (Å²) in [6.07, 6.45) is -4.75. The number of hydrogen-bond acceptors (Lipinski definition) is 4. The van der Waals surface area contributed by atoms with Gasteiger partial charge in [-0.2, -0.15) is 13.2 Å². The molecular formula is C60H42F3N5. The lowest BCUT2D eigenvalue weighted by Gasteiger charge is -2.22. The number of aryl methyl sites for hydroxylation is 3. The average Bonchev–Trinajstić information content (AvgIpc) is 3.69. The zero-order chi connectivity index (χ0) is 46.5. The largest absolute Gasteiger partial charge is 0.416 e. The molecule has 0 radical (unpaired) electrons. The second kappa shape index (κ2) is 17.1. The molecule has 11 rings (SSSR count). The van der Waals surface area contributed by atoms with Crippen molar-refractivity contribution in [1.29, 1.82) is 0 Å². The van der Waals surface area contributed by atoms with E-state index < -0.39 is 11.7 Å². The first-order valence-electron chi connectivity index (χ1n) is 22.4. The minimum absolute atomic E-state index is 0.254. The number of fused-ring (bicyclic) bond motifs is 3. The maximum atomic E-state index is 15.8. The van der Waals surface area contributed by atoms with Crippen LogP contribution in [-0.2, 0) is 6.18 Å². The third kappa shape index (κ3) is 7.79. The van der Waals surface area contributed by atoms with Crippen LogP contribution >= 0.6 is 0 Å². The highest BCUT2D eigenvalue weighted by Crippen LogP contribution is 2.46. The molecule has 0 atom stereocenters. The van der Waals surface area contributed by atoms with E-state index in [0.717, 1.165) is 66.3 Å². The van der Waals surface area contributed by atoms with Gasteiger partial charge in [-0.25, -0.2) is 19.9 Å². The van der Waals surface area contributed by atoms with Crippen molar-refractivity contribution < 1.29 is 13.2 Å². The number of benzene rings is 8. The molecule has 328 valence electrons. The first-order chi connectivity index (χ1) is 33.1. The van der Waals surface area contributed by atoms with Crippen molar-refractivity contribution >= 4 is 21.8 Å². The quantitative estimate of drug-likeness (QED) is 0.152. The predicted molar refractivity (Wildman–Crippen MR) is 269 cm³/mol. The van der Waals surface area contributed by atoms with Crippen LogP contribution in [0.5, 0.6) is 0 Å². The monoisotopic (exact) mass is 889 g/mol. The second-order valence-corrected chi connectivity index (χ2v) is 17.2. The number of para-hydroxylation sites is 1. The standard InChI is InChI=1S/C60H42F3N5/c1-37-30-38(2)56(39(3)31-37)44-28-29-55-47(32-44)46-26-16-17-27-54(46)68(55)57-48(52-35-50(40-18-8-4-9-19-40)64-58(66-52)42-22-12-6-13-23-42)33-45(60(61,62)63)34-49(57)53-36-51(41-20-10-5-11-21-41)65-59(67-53)43-24-14-7-15-25-43/h4-36H,1-3H3. The molecule has 0 unspecified atom stereocenters. The van der Waals surface area contributed by atoms with Crippen LogP contribution in [0.3, 0.4) is 0 Å². The third-order valence-corrected chi connectivity index (χ3v) is 12.5. The molecule has 8 aromatic carbocycles. The Morgan fingerprint density at radius 2 is 0.809 bits per heavy atom. The van der Waals surface area contributed by atoms with Crippen LogP contribution in [-0.4, -0.2) is 24.5 Å². The lowest BCUT2D eigenvalue weighted by Crippen LogP contribution is -2.10. The molecule has 11 aromatic rings. The van der Waals surface area contributed by atoms with Crippen LogP contribution in [0.1, 0.15) is 22.3 Å². The number of aromatic nitrogens is 5. The first kappa shape index (κ1) is 42.2. The van der Waals surface area contributed by atoms with Gasteiger partial charge in [-0.1, -0.05) is 163 Å². The van der Waals surface area contributed by atoms with E-state index in [-0.39, 0.29) is 11.1 Å². The van der Waals surface area contributed by atoms with E-state index in [0.29, 0.717) is 40.1 Å². The molecule has 0 saturated carbocycles. The van der Waals surface area contributed by atoms with E-state index in [1.807, 2.05) is 140 Å². The van der Waals surface area contributed by atoms with E-state index in [1.165, 1.54) is 17.7 Å². The fourth-order valence-corrected chi connectivity index (χ4v) is 9.55. The summed E-state index contributed by atoms with van der Waals surface area (Å²) in [6, 6.07) is 63.3. The van der Waals surface area contributed by atoms with Gasteiger partial charge >= 0.3 is 6.18 Å². The van der Waals surface area contributed by atoms with Gasteiger partial charge in [0.05, 0.1) is 45.1 Å². The Labute approximate surface area is 392 Å². The fraction of sp³-hybridized carbons (Fsp3) is 0.0667. The van der Waals surface area contributed by atoms with Crippen LogP contribution < -0.4 is 0 Å². The van der Waals surface area contributed by atoms with E-state index in [9.17, 15) is 0 Å². The van der Waals surface area contributed by atoms with Crippen molar-refractivity contribution in [2.24, 2.45) is 0 Å². The zero-order valence-corrected chi connectivity index (χ0v) is 37.4. The summed E-state index contributed by atoms with van der Waals surface area (Å²) in [5, 5.41) is 1.89. The molecule has 0 aliphatic heterocycles. The highest BCUT2D eigenvalue weighted by molar-refractivity contribution is 6.12. The summed E-state index contributed by atoms with van der Waals surface area (Å²) >= 11 is 0. The van der Waals surface area contributed by atoms with Crippen LogP contribution in [0, 0.1) is 20.8 Å². The molecule has 0 amide bonds. The van der Waals surface area contributed by atoms with Gasteiger partial charge in [-0.05, 0) is 85.5 Å². The van der Waals surface area contributed by atoms with Gasteiger partial charge < -0.3 is 4.57 Å². The summed E-state index contributed by atoms with van der Waals surface area (Å²) < 4.78 is 49.4. The van der Waals surface area contributed by atoms with Gasteiger partial charge in [0.25, 0.3) is 0 Å². The summed E-state index contributed by atoms with van der Waals surface area (Å²) in [5.41, 5.74) is 12.3. The molecule has 0 N–H and O–H groups in total. The van der Waals surface area contributed by atoms with Crippen LogP contribution in [0.4, 0.5) is 13.2 Å². The van der Waals surface area contributed by atoms with Gasteiger partial charge in [0.1, 0.15) is 0 Å². The maximum Gasteiger partial charge on any atom is 0.416 e. The predicted octanol–water partition coefficient (Wildman–Crippen LogP) is 16.0. The Morgan fingerprint density at radius 3 is 1.29 bits per heavy atom. The summed E-state index contributed by atoms with van der Waals surface area (Å²) in [6.45, 7) is 6.37. The maximum absolute atomic E-state index is 15.8. The van der Waals surface area contributed by atoms with E-state index >= 15 is 13.2 Å². The average molecular weight is 890 g/mol. The molecule has 0 aliphatic carbocycles. The van der Waals surface area contributed by atoms with Crippen molar-refractivity contribution in [3.05, 3.63) is 222 Å². The minimum atomic E-state index is -4.75. The van der Waals surface area contributed by atoms with Crippen molar-refractivity contribution in [3.8, 4) is 84.6 Å². The molecular weight excluding hydrogens is 848 g/mol. The van der Waals surface area contributed by atoms with Crippen molar-refractivity contribution in [3.63, 3.8) is 0 Å². The molecule has 5 nitrogen and oxygen atoms in total. The van der Waals surface area contributed by atoms with Gasteiger partial charge in [0, 0.05) is 44.2 Å². The molecule has 68 heavy (non-hydrogen) atoms. The number of hydrogen-bond donors (Lipinski definition) is 0. The second-order valence-electron chi connectivity index (χ2n) is 17.2. The molecule has 8 heteroatoms. The number of nitrogens with zero attached hydrogens (tertiary/aromatic N) is 5. The number of alkyl halides is 3. The summed E-state index contributed by atoms with van der Waals surface area (Å²) in [7, 11) is 0. The fourth-order valence-electron chi connectivity index (χ4n) is 9.55. The SMILES string of the molecule is Cc1cc(C)c(-c2ccc3c(c2)c2ccccc2n3-c2c(-c3cc(-c4ccccc4)nc(-c4ccccc4)n3)cc(C(F)(F)F)cc2-c2cc(-c3ccccc3)nc(-c3ccccc3)n2)c(C)c1. The Morgan fingerprint density at radius 1 is 0.382 bits per heavy atom. The Kier molecular flexibility index (Phi) is 10.6. The van der Waals surface area contributed by atoms with E-state index in [1.54, 1.807) is 12.1 Å². The van der Waals surface area contributed by atoms with Gasteiger partial charge in [0.15, 0.2) is 11.6 Å². The van der Waals surface area contributed by atoms with E-state index in [4.69, 9.17) is 19.9 Å². The van der Waals surface area contributed by atoms with Gasteiger partial charge in [-0.15, -0.1) is 0 Å². The topological polar surface area (TPSA) is 56.5 Å². The van der Waals surface area contributed by atoms with Crippen LogP contribution in [0.15, 0.2) is 200 Å². The minimum Gasteiger partial charge on any atom is -0.308 e. The molecule has 0 saturated heterocycles. The molecule has 0 fully saturated rings. The summed E-state index contributed by atoms with van der Waals surface area (Å²) in [4.78, 5) is 20.4. The summed E-state index contributed by atoms with van der Waals surface area (Å²) in [5.74, 6) is 0.754. The molecule has 3 heterocycles. The van der Waals surface area contributed by atoms with Crippen LogP contribution in [0.2, 0.25) is 0 Å². The van der Waals surface area contributed by atoms with Crippen molar-refractivity contribution in [2.45, 2.75) is 26.9 Å². The lowest BCUT2D eigenvalue weighted by atomic mass is 9.93. The van der Waals surface area contributed by atoms with E-state index in [2.05, 4.69) is 61.7 Å². The van der Waals surface area contributed by atoms with Crippen LogP contribution in [0.25, 0.3) is 106 Å². The van der Waals surface area contributed by atoms with Crippen molar-refractivity contribution in [1.82, 2.24) is 24.5 Å². The Balaban J connectivity index is 1.30. The normalized spacial score (nSPS) is 11.7. The highest BCUT2D eigenvalue weighted by atomic mass is 19.4. The highest BCUT2D eigenvalue weighted by Gasteiger charge is 2.35. The Bertz CT molecular complexity index is 3390. The van der Waals surface area contributed by atoms with Crippen molar-refractivity contribution in [2.75, 3.05) is 0 Å². The third-order valence-electron chi connectivity index (χ3n) is 12.5. The lowest BCUT2D eigenvalue weighted by molar-refractivity contribution is -0.137. The molecule has 0 aliphatic rings. The van der Waals surface area contributed by atoms with Gasteiger partial charge in [-0.3, -0.25) is 0 Å². The Hall–Kier alpha value is -8.49. The number of halogens is 3. The zero-order valence-electron chi connectivity index (χ0n) is 37.4. The molecule has 0 bridgehead atoms. The first-order valence-corrected chi connectivity index (χ1v) is 22.4. The molecule has 0 spiro atoms.